The Labute approximate surface area is 150 Å². The van der Waals surface area contributed by atoms with Gasteiger partial charge in [-0.15, -0.1) is 0 Å². The number of primary amides is 1. The molecule has 7 nitrogen and oxygen atoms in total. The van der Waals surface area contributed by atoms with Crippen LogP contribution in [0.1, 0.15) is 42.0 Å². The van der Waals surface area contributed by atoms with Crippen molar-refractivity contribution in [3.63, 3.8) is 0 Å². The summed E-state index contributed by atoms with van der Waals surface area (Å²) in [6, 6.07) is 3.39. The third-order valence-electron chi connectivity index (χ3n) is 4.32. The zero-order chi connectivity index (χ0) is 17.8. The quantitative estimate of drug-likeness (QED) is 0.795. The van der Waals surface area contributed by atoms with E-state index in [1.165, 1.54) is 0 Å². The highest BCUT2D eigenvalue weighted by atomic mass is 32.2. The second-order valence-electron chi connectivity index (χ2n) is 6.19. The summed E-state index contributed by atoms with van der Waals surface area (Å²) < 4.78 is 7.66. The number of piperidine rings is 1. The van der Waals surface area contributed by atoms with Crippen LogP contribution in [0.3, 0.4) is 0 Å². The molecule has 1 aliphatic heterocycles. The summed E-state index contributed by atoms with van der Waals surface area (Å²) >= 11 is 1.55. The van der Waals surface area contributed by atoms with E-state index < -0.39 is 0 Å². The van der Waals surface area contributed by atoms with Gasteiger partial charge in [-0.1, -0.05) is 11.8 Å². The molecule has 0 radical (unpaired) electrons. The molecule has 0 spiro atoms. The third kappa shape index (κ3) is 4.25. The van der Waals surface area contributed by atoms with Gasteiger partial charge >= 0.3 is 0 Å². The number of nitrogens with two attached hydrogens (primary N) is 1. The average molecular weight is 362 g/mol. The minimum atomic E-state index is -0.378. The summed E-state index contributed by atoms with van der Waals surface area (Å²) in [5.41, 5.74) is 5.32. The standard InChI is InChI=1S/C17H22N4O3S/c1-20-9-7-19-17(20)25-11-13-5-6-14(24-13)16(23)21-8-3-2-4-12(21)10-15(18)22/h5-7,9,12H,2-4,8,10-11H2,1H3,(H2,18,22). The first-order valence-corrected chi connectivity index (χ1v) is 9.31. The smallest absolute Gasteiger partial charge is 0.289 e. The maximum atomic E-state index is 12.7. The van der Waals surface area contributed by atoms with E-state index in [0.29, 0.717) is 18.1 Å². The van der Waals surface area contributed by atoms with Crippen molar-refractivity contribution in [2.75, 3.05) is 6.54 Å². The molecule has 25 heavy (non-hydrogen) atoms. The first kappa shape index (κ1) is 17.6. The lowest BCUT2D eigenvalue weighted by Crippen LogP contribution is -2.45. The largest absolute Gasteiger partial charge is 0.455 e. The molecule has 1 fully saturated rings. The van der Waals surface area contributed by atoms with Gasteiger partial charge in [0, 0.05) is 38.4 Å². The first-order chi connectivity index (χ1) is 12.0. The van der Waals surface area contributed by atoms with Gasteiger partial charge in [0.25, 0.3) is 5.91 Å². The molecule has 0 aliphatic carbocycles. The fourth-order valence-electron chi connectivity index (χ4n) is 3.05. The van der Waals surface area contributed by atoms with Gasteiger partial charge in [0.05, 0.1) is 5.75 Å². The minimum Gasteiger partial charge on any atom is -0.455 e. The molecule has 134 valence electrons. The van der Waals surface area contributed by atoms with Crippen molar-refractivity contribution in [3.05, 3.63) is 36.0 Å². The second-order valence-corrected chi connectivity index (χ2v) is 7.14. The number of aryl methyl sites for hydroxylation is 1. The van der Waals surface area contributed by atoms with Crippen LogP contribution in [-0.2, 0) is 17.6 Å². The SMILES string of the molecule is Cn1ccnc1SCc1ccc(C(=O)N2CCCCC2CC(N)=O)o1. The lowest BCUT2D eigenvalue weighted by Gasteiger charge is -2.34. The molecule has 0 bridgehead atoms. The summed E-state index contributed by atoms with van der Waals surface area (Å²) in [4.78, 5) is 30.0. The number of furan rings is 1. The number of carbonyl (C=O) groups excluding carboxylic acids is 2. The number of hydrogen-bond donors (Lipinski definition) is 1. The first-order valence-electron chi connectivity index (χ1n) is 8.32. The highest BCUT2D eigenvalue weighted by molar-refractivity contribution is 7.98. The molecule has 3 rings (SSSR count). The van der Waals surface area contributed by atoms with Crippen LogP contribution < -0.4 is 5.73 Å². The Morgan fingerprint density at radius 1 is 1.40 bits per heavy atom. The predicted octanol–water partition coefficient (Wildman–Crippen LogP) is 2.18. The third-order valence-corrected chi connectivity index (χ3v) is 5.40. The van der Waals surface area contributed by atoms with Gasteiger partial charge in [-0.05, 0) is 31.4 Å². The molecule has 1 atom stereocenters. The lowest BCUT2D eigenvalue weighted by atomic mass is 9.99. The van der Waals surface area contributed by atoms with Crippen LogP contribution in [0.4, 0.5) is 0 Å². The van der Waals surface area contributed by atoms with Crippen molar-refractivity contribution >= 4 is 23.6 Å². The van der Waals surface area contributed by atoms with Crippen molar-refractivity contribution in [2.24, 2.45) is 12.8 Å². The number of imidazole rings is 1. The van der Waals surface area contributed by atoms with Crippen molar-refractivity contribution in [1.29, 1.82) is 0 Å². The summed E-state index contributed by atoms with van der Waals surface area (Å²) in [5, 5.41) is 0.891. The van der Waals surface area contributed by atoms with E-state index in [9.17, 15) is 9.59 Å². The fourth-order valence-corrected chi connectivity index (χ4v) is 3.88. The topological polar surface area (TPSA) is 94.4 Å². The van der Waals surface area contributed by atoms with E-state index in [0.717, 1.165) is 30.2 Å². The molecule has 2 N–H and O–H groups in total. The summed E-state index contributed by atoms with van der Waals surface area (Å²) in [6.07, 6.45) is 6.57. The molecule has 2 aromatic rings. The molecule has 0 saturated carbocycles. The number of thioether (sulfide) groups is 1. The second kappa shape index (κ2) is 7.77. The molecular weight excluding hydrogens is 340 g/mol. The zero-order valence-corrected chi connectivity index (χ0v) is 15.0. The molecule has 2 aromatic heterocycles. The van der Waals surface area contributed by atoms with E-state index in [1.54, 1.807) is 28.9 Å². The maximum absolute atomic E-state index is 12.7. The van der Waals surface area contributed by atoms with Gasteiger partial charge < -0.3 is 19.6 Å². The number of rotatable bonds is 6. The highest BCUT2D eigenvalue weighted by Gasteiger charge is 2.30. The van der Waals surface area contributed by atoms with E-state index in [-0.39, 0.29) is 24.3 Å². The molecule has 8 heteroatoms. The Balaban J connectivity index is 1.65. The van der Waals surface area contributed by atoms with Crippen LogP contribution in [0.5, 0.6) is 0 Å². The molecular formula is C17H22N4O3S. The Hall–Kier alpha value is -2.22. The maximum Gasteiger partial charge on any atom is 0.289 e. The Morgan fingerprint density at radius 2 is 2.24 bits per heavy atom. The predicted molar refractivity (Wildman–Crippen MR) is 94.0 cm³/mol. The summed E-state index contributed by atoms with van der Waals surface area (Å²) in [7, 11) is 1.93. The number of carbonyl (C=O) groups is 2. The molecule has 1 saturated heterocycles. The van der Waals surface area contributed by atoms with Crippen LogP contribution in [0.2, 0.25) is 0 Å². The Kier molecular flexibility index (Phi) is 5.47. The number of likely N-dealkylation sites (tertiary alicyclic amines) is 1. The van der Waals surface area contributed by atoms with E-state index in [4.69, 9.17) is 10.2 Å². The molecule has 1 aliphatic rings. The molecule has 1 unspecified atom stereocenters. The average Bonchev–Trinajstić information content (AvgIpc) is 3.21. The summed E-state index contributed by atoms with van der Waals surface area (Å²) in [6.45, 7) is 0.634. The van der Waals surface area contributed by atoms with Crippen molar-refractivity contribution in [1.82, 2.24) is 14.5 Å². The van der Waals surface area contributed by atoms with Crippen LogP contribution >= 0.6 is 11.8 Å². The Morgan fingerprint density at radius 3 is 2.96 bits per heavy atom. The number of hydrogen-bond acceptors (Lipinski definition) is 5. The van der Waals surface area contributed by atoms with Gasteiger partial charge in [0.15, 0.2) is 10.9 Å². The van der Waals surface area contributed by atoms with Crippen LogP contribution in [0.15, 0.2) is 34.1 Å². The van der Waals surface area contributed by atoms with Crippen molar-refractivity contribution in [2.45, 2.75) is 42.6 Å². The number of amides is 2. The van der Waals surface area contributed by atoms with Gasteiger partial charge in [-0.2, -0.15) is 0 Å². The number of aromatic nitrogens is 2. The van der Waals surface area contributed by atoms with Gasteiger partial charge in [0.2, 0.25) is 5.91 Å². The van der Waals surface area contributed by atoms with Gasteiger partial charge in [0.1, 0.15) is 5.76 Å². The van der Waals surface area contributed by atoms with Crippen molar-refractivity contribution < 1.29 is 14.0 Å². The van der Waals surface area contributed by atoms with Crippen LogP contribution in [0.25, 0.3) is 0 Å². The van der Waals surface area contributed by atoms with E-state index >= 15 is 0 Å². The van der Waals surface area contributed by atoms with Crippen LogP contribution in [0, 0.1) is 0 Å². The van der Waals surface area contributed by atoms with Crippen LogP contribution in [-0.4, -0.2) is 38.9 Å². The molecule has 2 amide bonds. The van der Waals surface area contributed by atoms with Gasteiger partial charge in [-0.25, -0.2) is 4.98 Å². The minimum absolute atomic E-state index is 0.130. The fraction of sp³-hybridized carbons (Fsp3) is 0.471. The lowest BCUT2D eigenvalue weighted by molar-refractivity contribution is -0.119. The monoisotopic (exact) mass is 362 g/mol. The zero-order valence-electron chi connectivity index (χ0n) is 14.2. The number of nitrogens with zero attached hydrogens (tertiary/aromatic N) is 3. The van der Waals surface area contributed by atoms with Crippen molar-refractivity contribution in [3.8, 4) is 0 Å². The van der Waals surface area contributed by atoms with E-state index in [1.807, 2.05) is 23.9 Å². The van der Waals surface area contributed by atoms with Gasteiger partial charge in [-0.3, -0.25) is 9.59 Å². The normalized spacial score (nSPS) is 17.6. The van der Waals surface area contributed by atoms with E-state index in [2.05, 4.69) is 4.98 Å². The Bertz CT molecular complexity index is 755. The highest BCUT2D eigenvalue weighted by Crippen LogP contribution is 2.25. The molecule has 3 heterocycles. The molecule has 0 aromatic carbocycles. The summed E-state index contributed by atoms with van der Waals surface area (Å²) in [5.74, 6) is 1.09.